The molecule has 0 amide bonds. The third-order valence-corrected chi connectivity index (χ3v) is 4.80. The number of aliphatic hydroxyl groups excluding tert-OH is 2. The van der Waals surface area contributed by atoms with Gasteiger partial charge >= 0.3 is 6.18 Å². The van der Waals surface area contributed by atoms with Crippen molar-refractivity contribution in [1.82, 2.24) is 0 Å². The highest BCUT2D eigenvalue weighted by molar-refractivity contribution is 6.08. The van der Waals surface area contributed by atoms with E-state index in [1.807, 2.05) is 0 Å². The minimum Gasteiger partial charge on any atom is -0.386 e. The predicted molar refractivity (Wildman–Crippen MR) is 81.6 cm³/mol. The number of fused-ring (bicyclic) bond motifs is 5. The number of rotatable bonds is 0. The van der Waals surface area contributed by atoms with E-state index in [0.717, 1.165) is 6.07 Å². The molecule has 6 heteroatoms. The van der Waals surface area contributed by atoms with Crippen molar-refractivity contribution < 1.29 is 28.2 Å². The topological polar surface area (TPSA) is 57.5 Å². The lowest BCUT2D eigenvalue weighted by Gasteiger charge is -2.25. The maximum atomic E-state index is 13.6. The van der Waals surface area contributed by atoms with Gasteiger partial charge in [-0.25, -0.2) is 0 Å². The van der Waals surface area contributed by atoms with Crippen LogP contribution in [0.3, 0.4) is 0 Å². The molecule has 2 N–H and O–H groups in total. The summed E-state index contributed by atoms with van der Waals surface area (Å²) >= 11 is 0. The van der Waals surface area contributed by atoms with Crippen LogP contribution in [0.25, 0.3) is 16.8 Å². The standard InChI is InChI=1S/C18H13F3O3/c19-18(20,21)13-7-12-8(3-5-14(12)22)9-1-2-11-10(16(9)13)4-6-15(23)17(11)24/h1-2,4,6-7,15,17,23-24H,3,5H2/t15-,17-/m1/s1. The lowest BCUT2D eigenvalue weighted by molar-refractivity contribution is -0.136. The predicted octanol–water partition coefficient (Wildman–Crippen LogP) is 3.41. The zero-order valence-corrected chi connectivity index (χ0v) is 12.4. The number of alkyl halides is 3. The Bertz CT molecular complexity index is 912. The second kappa shape index (κ2) is 4.91. The summed E-state index contributed by atoms with van der Waals surface area (Å²) in [5.41, 5.74) is 0.388. The van der Waals surface area contributed by atoms with E-state index < -0.39 is 23.9 Å². The van der Waals surface area contributed by atoms with Crippen LogP contribution in [0.5, 0.6) is 0 Å². The largest absolute Gasteiger partial charge is 0.417 e. The minimum atomic E-state index is -4.62. The van der Waals surface area contributed by atoms with Crippen LogP contribution in [0, 0.1) is 0 Å². The van der Waals surface area contributed by atoms with E-state index in [0.29, 0.717) is 17.4 Å². The molecule has 0 saturated heterocycles. The quantitative estimate of drug-likeness (QED) is 0.776. The van der Waals surface area contributed by atoms with Crippen LogP contribution in [0.15, 0.2) is 24.3 Å². The van der Waals surface area contributed by atoms with Gasteiger partial charge in [0.1, 0.15) is 12.2 Å². The van der Waals surface area contributed by atoms with Crippen LogP contribution in [-0.4, -0.2) is 22.1 Å². The molecule has 2 aliphatic carbocycles. The monoisotopic (exact) mass is 334 g/mol. The first kappa shape index (κ1) is 15.4. The molecule has 0 bridgehead atoms. The molecule has 4 rings (SSSR count). The lowest BCUT2D eigenvalue weighted by atomic mass is 9.85. The van der Waals surface area contributed by atoms with Gasteiger partial charge in [-0.1, -0.05) is 24.3 Å². The van der Waals surface area contributed by atoms with Gasteiger partial charge in [0, 0.05) is 17.4 Å². The van der Waals surface area contributed by atoms with Crippen molar-refractivity contribution in [2.24, 2.45) is 0 Å². The lowest BCUT2D eigenvalue weighted by Crippen LogP contribution is -2.20. The Balaban J connectivity index is 2.16. The Morgan fingerprint density at radius 2 is 1.88 bits per heavy atom. The number of aryl methyl sites for hydroxylation is 1. The molecular weight excluding hydrogens is 321 g/mol. The number of halogens is 3. The van der Waals surface area contributed by atoms with Gasteiger partial charge in [0.25, 0.3) is 0 Å². The van der Waals surface area contributed by atoms with Gasteiger partial charge in [-0.3, -0.25) is 4.79 Å². The van der Waals surface area contributed by atoms with Gasteiger partial charge < -0.3 is 10.2 Å². The van der Waals surface area contributed by atoms with Crippen molar-refractivity contribution in [3.05, 3.63) is 52.1 Å². The Morgan fingerprint density at radius 1 is 1.12 bits per heavy atom. The molecule has 0 unspecified atom stereocenters. The molecule has 0 fully saturated rings. The zero-order valence-electron chi connectivity index (χ0n) is 12.4. The summed E-state index contributed by atoms with van der Waals surface area (Å²) in [4.78, 5) is 11.9. The summed E-state index contributed by atoms with van der Waals surface area (Å²) in [6.07, 6.45) is -3.74. The number of carbonyl (C=O) groups excluding carboxylic acids is 1. The zero-order chi connectivity index (χ0) is 17.2. The minimum absolute atomic E-state index is 0.0179. The summed E-state index contributed by atoms with van der Waals surface area (Å²) in [5.74, 6) is -0.277. The summed E-state index contributed by atoms with van der Waals surface area (Å²) in [7, 11) is 0. The van der Waals surface area contributed by atoms with Crippen LogP contribution >= 0.6 is 0 Å². The van der Waals surface area contributed by atoms with Crippen molar-refractivity contribution in [2.45, 2.75) is 31.2 Å². The molecule has 124 valence electrons. The SMILES string of the molecule is O=C1CCc2c1cc(C(F)(F)F)c1c3c(ccc21)[C@@H](O)[C@H](O)C=C3. The molecule has 0 aliphatic heterocycles. The van der Waals surface area contributed by atoms with E-state index >= 15 is 0 Å². The maximum Gasteiger partial charge on any atom is 0.417 e. The van der Waals surface area contributed by atoms with Crippen LogP contribution in [0.1, 0.15) is 45.1 Å². The van der Waals surface area contributed by atoms with E-state index in [1.54, 1.807) is 0 Å². The fraction of sp³-hybridized carbons (Fsp3) is 0.278. The third-order valence-electron chi connectivity index (χ3n) is 4.80. The number of ketones is 1. The number of Topliss-reactive ketones (excluding diaryl/α,β-unsaturated/α-hetero) is 1. The molecule has 2 aliphatic rings. The second-order valence-electron chi connectivity index (χ2n) is 6.16. The Labute approximate surface area is 135 Å². The molecule has 0 spiro atoms. The van der Waals surface area contributed by atoms with Gasteiger partial charge in [-0.15, -0.1) is 0 Å². The van der Waals surface area contributed by atoms with Gasteiger partial charge in [0.05, 0.1) is 5.56 Å². The number of hydrogen-bond acceptors (Lipinski definition) is 3. The molecular formula is C18H13F3O3. The molecule has 0 saturated carbocycles. The number of benzene rings is 2. The molecule has 2 aromatic rings. The molecule has 24 heavy (non-hydrogen) atoms. The summed E-state index contributed by atoms with van der Waals surface area (Å²) in [6, 6.07) is 3.97. The highest BCUT2D eigenvalue weighted by Crippen LogP contribution is 2.44. The van der Waals surface area contributed by atoms with Crippen molar-refractivity contribution in [3.8, 4) is 0 Å². The molecule has 2 aromatic carbocycles. The fourth-order valence-electron chi connectivity index (χ4n) is 3.66. The average molecular weight is 334 g/mol. The van der Waals surface area contributed by atoms with Crippen molar-refractivity contribution >= 4 is 22.6 Å². The highest BCUT2D eigenvalue weighted by atomic mass is 19.4. The van der Waals surface area contributed by atoms with Crippen LogP contribution in [-0.2, 0) is 12.6 Å². The maximum absolute atomic E-state index is 13.6. The molecule has 0 heterocycles. The van der Waals surface area contributed by atoms with Gasteiger partial charge in [-0.2, -0.15) is 13.2 Å². The molecule has 2 atom stereocenters. The first-order valence-electron chi connectivity index (χ1n) is 7.56. The van der Waals surface area contributed by atoms with E-state index in [2.05, 4.69) is 0 Å². The smallest absolute Gasteiger partial charge is 0.386 e. The third kappa shape index (κ3) is 2.03. The number of hydrogen-bond donors (Lipinski definition) is 2. The average Bonchev–Trinajstić information content (AvgIpc) is 2.90. The van der Waals surface area contributed by atoms with Crippen LogP contribution < -0.4 is 0 Å². The van der Waals surface area contributed by atoms with Crippen molar-refractivity contribution in [2.75, 3.05) is 0 Å². The number of carbonyl (C=O) groups is 1. The van der Waals surface area contributed by atoms with E-state index in [-0.39, 0.29) is 34.3 Å². The van der Waals surface area contributed by atoms with Crippen molar-refractivity contribution in [1.29, 1.82) is 0 Å². The summed E-state index contributed by atoms with van der Waals surface area (Å²) in [6.45, 7) is 0. The fourth-order valence-corrected chi connectivity index (χ4v) is 3.66. The normalized spacial score (nSPS) is 22.8. The summed E-state index contributed by atoms with van der Waals surface area (Å²) < 4.78 is 40.8. The Kier molecular flexibility index (Phi) is 3.14. The van der Waals surface area contributed by atoms with Crippen LogP contribution in [0.2, 0.25) is 0 Å². The van der Waals surface area contributed by atoms with E-state index in [9.17, 15) is 28.2 Å². The highest BCUT2D eigenvalue weighted by Gasteiger charge is 2.38. The van der Waals surface area contributed by atoms with Gasteiger partial charge in [-0.05, 0) is 34.6 Å². The molecule has 3 nitrogen and oxygen atoms in total. The Morgan fingerprint density at radius 3 is 2.58 bits per heavy atom. The van der Waals surface area contributed by atoms with Gasteiger partial charge in [0.15, 0.2) is 5.78 Å². The first-order chi connectivity index (χ1) is 11.3. The van der Waals surface area contributed by atoms with E-state index in [1.165, 1.54) is 24.3 Å². The second-order valence-corrected chi connectivity index (χ2v) is 6.16. The molecule has 0 radical (unpaired) electrons. The van der Waals surface area contributed by atoms with Crippen molar-refractivity contribution in [3.63, 3.8) is 0 Å². The number of aliphatic hydroxyl groups is 2. The first-order valence-corrected chi connectivity index (χ1v) is 7.56. The Hall–Kier alpha value is -2.18. The van der Waals surface area contributed by atoms with Crippen LogP contribution in [0.4, 0.5) is 13.2 Å². The summed E-state index contributed by atoms with van der Waals surface area (Å²) in [5, 5.41) is 20.2. The van der Waals surface area contributed by atoms with Gasteiger partial charge in [0.2, 0.25) is 0 Å². The van der Waals surface area contributed by atoms with E-state index in [4.69, 9.17) is 0 Å². The molecule has 0 aromatic heterocycles.